The molecule has 0 amide bonds. The Bertz CT molecular complexity index is 547. The summed E-state index contributed by atoms with van der Waals surface area (Å²) in [6.07, 6.45) is 1.54. The van der Waals surface area contributed by atoms with Gasteiger partial charge in [0.15, 0.2) is 0 Å². The second-order valence-electron chi connectivity index (χ2n) is 5.75. The lowest BCUT2D eigenvalue weighted by molar-refractivity contribution is 0.141. The van der Waals surface area contributed by atoms with Crippen molar-refractivity contribution in [3.05, 3.63) is 18.0 Å². The monoisotopic (exact) mass is 304 g/mol. The molecule has 1 heterocycles. The largest absolute Gasteiger partial charge is 0.390 e. The fourth-order valence-corrected chi connectivity index (χ4v) is 3.51. The molecule has 0 aliphatic carbocycles. The molecule has 7 heteroatoms. The highest BCUT2D eigenvalue weighted by Gasteiger charge is 2.27. The van der Waals surface area contributed by atoms with Gasteiger partial charge in [-0.2, -0.15) is 0 Å². The highest BCUT2D eigenvalue weighted by molar-refractivity contribution is 7.89. The Labute approximate surface area is 120 Å². The number of aliphatic hydroxyl groups is 1. The molecule has 20 heavy (non-hydrogen) atoms. The van der Waals surface area contributed by atoms with E-state index in [1.165, 1.54) is 13.2 Å². The lowest BCUT2D eigenvalue weighted by Gasteiger charge is -2.24. The van der Waals surface area contributed by atoms with Crippen LogP contribution in [-0.2, 0) is 21.4 Å². The van der Waals surface area contributed by atoms with E-state index in [0.717, 1.165) is 0 Å². The summed E-state index contributed by atoms with van der Waals surface area (Å²) in [4.78, 5) is 0.152. The van der Waals surface area contributed by atoms with Gasteiger partial charge in [0.2, 0.25) is 10.0 Å². The average Bonchev–Trinajstić information content (AvgIpc) is 2.71. The molecule has 2 N–H and O–H groups in total. The van der Waals surface area contributed by atoms with Gasteiger partial charge in [0.05, 0.1) is 18.8 Å². The highest BCUT2D eigenvalue weighted by Crippen LogP contribution is 2.20. The molecular formula is C13H24N2O4S. The molecule has 0 aromatic carbocycles. The molecule has 1 aromatic heterocycles. The lowest BCUT2D eigenvalue weighted by atomic mass is 10.1. The molecule has 0 saturated heterocycles. The maximum absolute atomic E-state index is 12.4. The Hall–Kier alpha value is -0.890. The third-order valence-electron chi connectivity index (χ3n) is 2.85. The predicted octanol–water partition coefficient (Wildman–Crippen LogP) is 1.26. The van der Waals surface area contributed by atoms with Gasteiger partial charge in [-0.1, -0.05) is 0 Å². The first-order chi connectivity index (χ1) is 9.13. The maximum atomic E-state index is 12.4. The summed E-state index contributed by atoms with van der Waals surface area (Å²) in [5.74, 6) is 0. The number of methoxy groups -OCH3 is 1. The third-order valence-corrected chi connectivity index (χ3v) is 4.52. The zero-order valence-electron chi connectivity index (χ0n) is 12.7. The number of ether oxygens (including phenoxy) is 1. The van der Waals surface area contributed by atoms with Crippen LogP contribution in [0.3, 0.4) is 0 Å². The van der Waals surface area contributed by atoms with Crippen LogP contribution in [0.15, 0.2) is 17.2 Å². The third kappa shape index (κ3) is 4.05. The standard InChI is InChI=1S/C13H24N2O4S/c1-10(2)15-7-12(6-11(15)8-16)20(17,18)14-13(3,4)9-19-5/h6-7,10,14,16H,8-9H2,1-5H3. The van der Waals surface area contributed by atoms with Crippen molar-refractivity contribution in [2.45, 2.75) is 50.8 Å². The summed E-state index contributed by atoms with van der Waals surface area (Å²) in [6.45, 7) is 7.43. The Kier molecular flexibility index (Phi) is 5.37. The van der Waals surface area contributed by atoms with Gasteiger partial charge in [0.1, 0.15) is 4.90 Å². The molecule has 1 aromatic rings. The first-order valence-electron chi connectivity index (χ1n) is 6.47. The molecule has 0 unspecified atom stereocenters. The van der Waals surface area contributed by atoms with E-state index in [9.17, 15) is 13.5 Å². The fourth-order valence-electron chi connectivity index (χ4n) is 2.06. The van der Waals surface area contributed by atoms with Crippen LogP contribution >= 0.6 is 0 Å². The smallest absolute Gasteiger partial charge is 0.242 e. The minimum atomic E-state index is -3.65. The van der Waals surface area contributed by atoms with Crippen molar-refractivity contribution in [3.8, 4) is 0 Å². The van der Waals surface area contributed by atoms with Gasteiger partial charge in [0, 0.05) is 25.0 Å². The van der Waals surface area contributed by atoms with Crippen molar-refractivity contribution in [2.24, 2.45) is 0 Å². The SMILES string of the molecule is COCC(C)(C)NS(=O)(=O)c1cc(CO)n(C(C)C)c1. The molecule has 6 nitrogen and oxygen atoms in total. The molecule has 116 valence electrons. The van der Waals surface area contributed by atoms with Crippen molar-refractivity contribution in [3.63, 3.8) is 0 Å². The number of hydrogen-bond donors (Lipinski definition) is 2. The van der Waals surface area contributed by atoms with Crippen molar-refractivity contribution < 1.29 is 18.3 Å². The van der Waals surface area contributed by atoms with Crippen molar-refractivity contribution >= 4 is 10.0 Å². The van der Waals surface area contributed by atoms with E-state index in [2.05, 4.69) is 4.72 Å². The minimum absolute atomic E-state index is 0.0769. The number of nitrogens with one attached hydrogen (secondary N) is 1. The Morgan fingerprint density at radius 2 is 2.05 bits per heavy atom. The van der Waals surface area contributed by atoms with Crippen LogP contribution in [0.2, 0.25) is 0 Å². The van der Waals surface area contributed by atoms with Gasteiger partial charge >= 0.3 is 0 Å². The predicted molar refractivity (Wildman–Crippen MR) is 77.0 cm³/mol. The van der Waals surface area contributed by atoms with Crippen molar-refractivity contribution in [1.29, 1.82) is 0 Å². The Morgan fingerprint density at radius 1 is 1.45 bits per heavy atom. The number of aliphatic hydroxyl groups excluding tert-OH is 1. The van der Waals surface area contributed by atoms with E-state index >= 15 is 0 Å². The lowest BCUT2D eigenvalue weighted by Crippen LogP contribution is -2.46. The second-order valence-corrected chi connectivity index (χ2v) is 7.43. The topological polar surface area (TPSA) is 80.6 Å². The summed E-state index contributed by atoms with van der Waals surface area (Å²) in [7, 11) is -2.12. The molecule has 0 bridgehead atoms. The van der Waals surface area contributed by atoms with E-state index in [4.69, 9.17) is 4.74 Å². The number of aromatic nitrogens is 1. The molecule has 0 saturated carbocycles. The van der Waals surface area contributed by atoms with Crippen LogP contribution < -0.4 is 4.72 Å². The summed E-state index contributed by atoms with van der Waals surface area (Å²) in [5, 5.41) is 9.31. The summed E-state index contributed by atoms with van der Waals surface area (Å²) in [5.41, 5.74) is -0.127. The van der Waals surface area contributed by atoms with Crippen LogP contribution in [0.4, 0.5) is 0 Å². The molecule has 0 aliphatic heterocycles. The first-order valence-corrected chi connectivity index (χ1v) is 7.96. The molecule has 0 fully saturated rings. The number of rotatable bonds is 7. The van der Waals surface area contributed by atoms with Gasteiger partial charge < -0.3 is 14.4 Å². The molecule has 1 rings (SSSR count). The maximum Gasteiger partial charge on any atom is 0.242 e. The minimum Gasteiger partial charge on any atom is -0.390 e. The molecular weight excluding hydrogens is 280 g/mol. The molecule has 0 radical (unpaired) electrons. The van der Waals surface area contributed by atoms with Crippen molar-refractivity contribution in [2.75, 3.05) is 13.7 Å². The van der Waals surface area contributed by atoms with E-state index in [0.29, 0.717) is 5.69 Å². The van der Waals surface area contributed by atoms with Gasteiger partial charge in [-0.15, -0.1) is 0 Å². The van der Waals surface area contributed by atoms with Gasteiger partial charge in [-0.05, 0) is 33.8 Å². The number of sulfonamides is 1. The van der Waals surface area contributed by atoms with E-state index in [1.807, 2.05) is 13.8 Å². The van der Waals surface area contributed by atoms with Crippen molar-refractivity contribution in [1.82, 2.24) is 9.29 Å². The second kappa shape index (κ2) is 6.26. The molecule has 0 atom stereocenters. The summed E-state index contributed by atoms with van der Waals surface area (Å²) in [6, 6.07) is 1.57. The van der Waals surface area contributed by atoms with Gasteiger partial charge in [-0.25, -0.2) is 13.1 Å². The number of nitrogens with zero attached hydrogens (tertiary/aromatic N) is 1. The van der Waals surface area contributed by atoms with E-state index in [-0.39, 0.29) is 24.2 Å². The fraction of sp³-hybridized carbons (Fsp3) is 0.692. The van der Waals surface area contributed by atoms with Crippen LogP contribution in [0, 0.1) is 0 Å². The molecule has 0 spiro atoms. The van der Waals surface area contributed by atoms with Crippen LogP contribution in [0.25, 0.3) is 0 Å². The van der Waals surface area contributed by atoms with Crippen LogP contribution in [-0.4, -0.2) is 37.3 Å². The zero-order valence-corrected chi connectivity index (χ0v) is 13.5. The number of hydrogen-bond acceptors (Lipinski definition) is 4. The Balaban J connectivity index is 3.10. The van der Waals surface area contributed by atoms with Gasteiger partial charge in [0.25, 0.3) is 0 Å². The average molecular weight is 304 g/mol. The highest BCUT2D eigenvalue weighted by atomic mass is 32.2. The van der Waals surface area contributed by atoms with Crippen LogP contribution in [0.5, 0.6) is 0 Å². The summed E-state index contributed by atoms with van der Waals surface area (Å²) >= 11 is 0. The van der Waals surface area contributed by atoms with E-state index < -0.39 is 15.6 Å². The quantitative estimate of drug-likeness (QED) is 0.795. The normalized spacial score (nSPS) is 13.2. The first kappa shape index (κ1) is 17.2. The summed E-state index contributed by atoms with van der Waals surface area (Å²) < 4.78 is 34.1. The zero-order chi connectivity index (χ0) is 15.6. The van der Waals surface area contributed by atoms with E-state index in [1.54, 1.807) is 24.6 Å². The molecule has 0 aliphatic rings. The van der Waals surface area contributed by atoms with Crippen LogP contribution in [0.1, 0.15) is 39.4 Å². The van der Waals surface area contributed by atoms with Gasteiger partial charge in [-0.3, -0.25) is 0 Å². The Morgan fingerprint density at radius 3 is 2.45 bits per heavy atom.